The lowest BCUT2D eigenvalue weighted by atomic mass is 10.1. The van der Waals surface area contributed by atoms with Crippen molar-refractivity contribution in [3.05, 3.63) is 75.7 Å². The third kappa shape index (κ3) is 5.18. The van der Waals surface area contributed by atoms with E-state index in [0.29, 0.717) is 29.3 Å². The van der Waals surface area contributed by atoms with Gasteiger partial charge in [0.15, 0.2) is 12.3 Å². The van der Waals surface area contributed by atoms with E-state index in [2.05, 4.69) is 15.2 Å². The summed E-state index contributed by atoms with van der Waals surface area (Å²) in [4.78, 5) is 48.7. The minimum Gasteiger partial charge on any atom is -0.465 e. The summed E-state index contributed by atoms with van der Waals surface area (Å²) in [5.41, 5.74) is 0.868. The van der Waals surface area contributed by atoms with Gasteiger partial charge in [-0.25, -0.2) is 14.3 Å². The minimum absolute atomic E-state index is 0.0140. The van der Waals surface area contributed by atoms with Crippen molar-refractivity contribution in [2.24, 2.45) is 0 Å². The number of esters is 2. The molecule has 0 saturated carbocycles. The molecule has 3 rings (SSSR count). The molecule has 3 aromatic rings. The molecule has 0 unspecified atom stereocenters. The van der Waals surface area contributed by atoms with Crippen LogP contribution in [0.1, 0.15) is 39.8 Å². The molecule has 1 amide bonds. The summed E-state index contributed by atoms with van der Waals surface area (Å²) in [5.74, 6) is -1.73. The van der Waals surface area contributed by atoms with E-state index in [1.807, 2.05) is 6.92 Å². The molecule has 0 aliphatic rings. The van der Waals surface area contributed by atoms with Gasteiger partial charge in [0.25, 0.3) is 11.5 Å². The Labute approximate surface area is 183 Å². The van der Waals surface area contributed by atoms with E-state index in [9.17, 15) is 19.2 Å². The Morgan fingerprint density at radius 2 is 1.69 bits per heavy atom. The van der Waals surface area contributed by atoms with E-state index < -0.39 is 24.5 Å². The van der Waals surface area contributed by atoms with E-state index in [4.69, 9.17) is 4.74 Å². The first kappa shape index (κ1) is 22.7. The second-order valence-corrected chi connectivity index (χ2v) is 6.96. The van der Waals surface area contributed by atoms with Gasteiger partial charge in [0, 0.05) is 18.5 Å². The molecule has 9 nitrogen and oxygen atoms in total. The number of amides is 1. The predicted molar refractivity (Wildman–Crippen MR) is 116 cm³/mol. The van der Waals surface area contributed by atoms with Crippen molar-refractivity contribution in [2.45, 2.75) is 26.4 Å². The first-order chi connectivity index (χ1) is 15.4. The number of fused-ring (bicyclic) bond motifs is 1. The highest BCUT2D eigenvalue weighted by Crippen LogP contribution is 2.14. The fraction of sp³-hybridized carbons (Fsp3) is 0.261. The number of nitrogens with zero attached hydrogens (tertiary/aromatic N) is 2. The maximum atomic E-state index is 12.6. The van der Waals surface area contributed by atoms with Gasteiger partial charge in [-0.2, -0.15) is 5.10 Å². The summed E-state index contributed by atoms with van der Waals surface area (Å²) in [6.45, 7) is 1.95. The molecule has 1 heterocycles. The van der Waals surface area contributed by atoms with Crippen LogP contribution < -0.4 is 10.9 Å². The molecular weight excluding hydrogens is 414 g/mol. The van der Waals surface area contributed by atoms with Gasteiger partial charge in [-0.15, -0.1) is 0 Å². The number of aryl methyl sites for hydroxylation is 1. The Kier molecular flexibility index (Phi) is 7.33. The van der Waals surface area contributed by atoms with Gasteiger partial charge in [-0.3, -0.25) is 9.59 Å². The Hall–Kier alpha value is -4.01. The zero-order valence-corrected chi connectivity index (χ0v) is 17.8. The highest BCUT2D eigenvalue weighted by molar-refractivity contribution is 6.02. The molecule has 0 aliphatic heterocycles. The summed E-state index contributed by atoms with van der Waals surface area (Å²) < 4.78 is 11.0. The van der Waals surface area contributed by atoms with E-state index in [1.54, 1.807) is 48.5 Å². The fourth-order valence-electron chi connectivity index (χ4n) is 3.08. The molecule has 0 radical (unpaired) electrons. The molecule has 9 heteroatoms. The molecule has 2 aromatic carbocycles. The molecule has 0 aliphatic carbocycles. The average molecular weight is 437 g/mol. The van der Waals surface area contributed by atoms with Crippen LogP contribution in [-0.2, 0) is 27.4 Å². The Morgan fingerprint density at radius 3 is 2.34 bits per heavy atom. The number of rotatable bonds is 8. The average Bonchev–Trinajstić information content (AvgIpc) is 2.83. The van der Waals surface area contributed by atoms with Crippen LogP contribution in [0.2, 0.25) is 0 Å². The topological polar surface area (TPSA) is 117 Å². The molecule has 1 N–H and O–H groups in total. The Bertz CT molecular complexity index is 1200. The lowest BCUT2D eigenvalue weighted by Crippen LogP contribution is -2.30. The van der Waals surface area contributed by atoms with Crippen molar-refractivity contribution >= 4 is 28.6 Å². The number of aromatic nitrogens is 2. The van der Waals surface area contributed by atoms with Gasteiger partial charge in [-0.1, -0.05) is 37.3 Å². The predicted octanol–water partition coefficient (Wildman–Crippen LogP) is 2.07. The molecule has 0 saturated heterocycles. The molecule has 32 heavy (non-hydrogen) atoms. The maximum absolute atomic E-state index is 12.6. The highest BCUT2D eigenvalue weighted by atomic mass is 16.5. The normalized spacial score (nSPS) is 10.6. The molecular formula is C23H23N3O6. The summed E-state index contributed by atoms with van der Waals surface area (Å²) in [6, 6.07) is 13.2. The number of ether oxygens (including phenoxy) is 2. The van der Waals surface area contributed by atoms with E-state index in [1.165, 1.54) is 11.8 Å². The quantitative estimate of drug-likeness (QED) is 0.536. The van der Waals surface area contributed by atoms with Crippen molar-refractivity contribution in [3.63, 3.8) is 0 Å². The van der Waals surface area contributed by atoms with Crippen molar-refractivity contribution in [3.8, 4) is 0 Å². The van der Waals surface area contributed by atoms with Crippen molar-refractivity contribution in [1.82, 2.24) is 15.1 Å². The van der Waals surface area contributed by atoms with Crippen LogP contribution in [0.25, 0.3) is 10.8 Å². The SMILES string of the molecule is CCCn1nc(C(=O)OCC(=O)NCc2ccc(C(=O)OC)cc2)c2ccccc2c1=O. The van der Waals surface area contributed by atoms with Crippen molar-refractivity contribution < 1.29 is 23.9 Å². The van der Waals surface area contributed by atoms with E-state index >= 15 is 0 Å². The number of nitrogens with one attached hydrogen (secondary N) is 1. The van der Waals surface area contributed by atoms with Gasteiger partial charge in [-0.05, 0) is 30.2 Å². The van der Waals surface area contributed by atoms with Gasteiger partial charge < -0.3 is 14.8 Å². The Balaban J connectivity index is 1.63. The van der Waals surface area contributed by atoms with Crippen LogP contribution in [-0.4, -0.2) is 41.3 Å². The van der Waals surface area contributed by atoms with Crippen molar-refractivity contribution in [1.29, 1.82) is 0 Å². The van der Waals surface area contributed by atoms with E-state index in [0.717, 1.165) is 5.56 Å². The van der Waals surface area contributed by atoms with E-state index in [-0.39, 0.29) is 17.8 Å². The number of hydrogen-bond donors (Lipinski definition) is 1. The standard InChI is InChI=1S/C23H23N3O6/c1-3-12-26-21(28)18-7-5-4-6-17(18)20(25-26)23(30)32-14-19(27)24-13-15-8-10-16(11-9-15)22(29)31-2/h4-11H,3,12-14H2,1-2H3,(H,24,27). The first-order valence-corrected chi connectivity index (χ1v) is 10.1. The van der Waals surface area contributed by atoms with Crippen LogP contribution in [0.15, 0.2) is 53.3 Å². The van der Waals surface area contributed by atoms with Crippen LogP contribution >= 0.6 is 0 Å². The van der Waals surface area contributed by atoms with Crippen molar-refractivity contribution in [2.75, 3.05) is 13.7 Å². The molecule has 0 spiro atoms. The summed E-state index contributed by atoms with van der Waals surface area (Å²) in [7, 11) is 1.30. The third-order valence-corrected chi connectivity index (χ3v) is 4.70. The lowest BCUT2D eigenvalue weighted by Gasteiger charge is -2.10. The summed E-state index contributed by atoms with van der Waals surface area (Å²) in [6.07, 6.45) is 0.669. The second kappa shape index (κ2) is 10.3. The number of carbonyl (C=O) groups excluding carboxylic acids is 3. The number of carbonyl (C=O) groups is 3. The van der Waals surface area contributed by atoms with Crippen LogP contribution in [0.4, 0.5) is 0 Å². The highest BCUT2D eigenvalue weighted by Gasteiger charge is 2.19. The number of methoxy groups -OCH3 is 1. The zero-order chi connectivity index (χ0) is 23.1. The minimum atomic E-state index is -0.788. The van der Waals surface area contributed by atoms with Gasteiger partial charge in [0.05, 0.1) is 18.1 Å². The smallest absolute Gasteiger partial charge is 0.359 e. The molecule has 166 valence electrons. The van der Waals surface area contributed by atoms with Gasteiger partial charge >= 0.3 is 11.9 Å². The van der Waals surface area contributed by atoms with Gasteiger partial charge in [0.2, 0.25) is 0 Å². The van der Waals surface area contributed by atoms with Gasteiger partial charge in [0.1, 0.15) is 0 Å². The second-order valence-electron chi connectivity index (χ2n) is 6.96. The summed E-state index contributed by atoms with van der Waals surface area (Å²) in [5, 5.41) is 7.53. The van der Waals surface area contributed by atoms with Crippen LogP contribution in [0, 0.1) is 0 Å². The maximum Gasteiger partial charge on any atom is 0.359 e. The largest absolute Gasteiger partial charge is 0.465 e. The molecule has 1 aromatic heterocycles. The Morgan fingerprint density at radius 1 is 1.00 bits per heavy atom. The van der Waals surface area contributed by atoms with Crippen LogP contribution in [0.5, 0.6) is 0 Å². The summed E-state index contributed by atoms with van der Waals surface area (Å²) >= 11 is 0. The number of hydrogen-bond acceptors (Lipinski definition) is 7. The third-order valence-electron chi connectivity index (χ3n) is 4.70. The fourth-order valence-corrected chi connectivity index (χ4v) is 3.08. The molecule has 0 fully saturated rings. The monoisotopic (exact) mass is 437 g/mol. The zero-order valence-electron chi connectivity index (χ0n) is 17.8. The molecule has 0 bridgehead atoms. The first-order valence-electron chi connectivity index (χ1n) is 10.1. The molecule has 0 atom stereocenters. The lowest BCUT2D eigenvalue weighted by molar-refractivity contribution is -0.124. The number of benzene rings is 2. The van der Waals surface area contributed by atoms with Crippen LogP contribution in [0.3, 0.4) is 0 Å².